The van der Waals surface area contributed by atoms with E-state index in [1.807, 2.05) is 6.07 Å². The molecule has 112 valence electrons. The maximum Gasteiger partial charge on any atom is 0.142 e. The third-order valence-electron chi connectivity index (χ3n) is 4.27. The summed E-state index contributed by atoms with van der Waals surface area (Å²) in [7, 11) is 0. The van der Waals surface area contributed by atoms with Crippen LogP contribution in [0.3, 0.4) is 0 Å². The van der Waals surface area contributed by atoms with Crippen LogP contribution in [0.2, 0.25) is 0 Å². The fourth-order valence-corrected chi connectivity index (χ4v) is 2.47. The zero-order valence-electron chi connectivity index (χ0n) is 13.3. The molecule has 1 unspecified atom stereocenters. The molecule has 20 heavy (non-hydrogen) atoms. The Morgan fingerprint density at radius 1 is 1.35 bits per heavy atom. The molecule has 1 aliphatic heterocycles. The molecule has 1 N–H and O–H groups in total. The topological polar surface area (TPSA) is 24.5 Å². The van der Waals surface area contributed by atoms with Gasteiger partial charge in [0, 0.05) is 24.7 Å². The van der Waals surface area contributed by atoms with Gasteiger partial charge in [0.15, 0.2) is 0 Å². The lowest BCUT2D eigenvalue weighted by atomic mass is 10.0. The molecule has 0 saturated carbocycles. The highest BCUT2D eigenvalue weighted by Gasteiger charge is 2.22. The van der Waals surface area contributed by atoms with Gasteiger partial charge >= 0.3 is 0 Å². The number of nitrogens with one attached hydrogen (secondary N) is 1. The lowest BCUT2D eigenvalue weighted by Gasteiger charge is -2.34. The highest BCUT2D eigenvalue weighted by Crippen LogP contribution is 2.31. The molecule has 1 heterocycles. The molecular formula is C17H28N2O. The molecule has 0 bridgehead atoms. The van der Waals surface area contributed by atoms with Crippen LogP contribution in [0.5, 0.6) is 5.75 Å². The van der Waals surface area contributed by atoms with Crippen LogP contribution in [-0.4, -0.2) is 31.3 Å². The molecule has 1 aromatic rings. The van der Waals surface area contributed by atoms with E-state index in [1.54, 1.807) is 0 Å². The maximum absolute atomic E-state index is 5.83. The van der Waals surface area contributed by atoms with Gasteiger partial charge in [0.05, 0.1) is 12.3 Å². The summed E-state index contributed by atoms with van der Waals surface area (Å²) >= 11 is 0. The Balaban J connectivity index is 2.07. The van der Waals surface area contributed by atoms with Crippen molar-refractivity contribution in [1.82, 2.24) is 5.32 Å². The van der Waals surface area contributed by atoms with Gasteiger partial charge in [0.2, 0.25) is 0 Å². The summed E-state index contributed by atoms with van der Waals surface area (Å²) in [6.07, 6.45) is 2.22. The Labute approximate surface area is 123 Å². The summed E-state index contributed by atoms with van der Waals surface area (Å²) in [6, 6.07) is 8.84. The molecule has 3 heteroatoms. The summed E-state index contributed by atoms with van der Waals surface area (Å²) < 4.78 is 5.83. The van der Waals surface area contributed by atoms with Gasteiger partial charge in [-0.2, -0.15) is 0 Å². The molecule has 1 atom stereocenters. The fourth-order valence-electron chi connectivity index (χ4n) is 2.47. The van der Waals surface area contributed by atoms with Gasteiger partial charge in [-0.15, -0.1) is 0 Å². The fraction of sp³-hybridized carbons (Fsp3) is 0.647. The van der Waals surface area contributed by atoms with Gasteiger partial charge in [0.25, 0.3) is 0 Å². The van der Waals surface area contributed by atoms with Crippen LogP contribution < -0.4 is 15.0 Å². The van der Waals surface area contributed by atoms with Crippen molar-refractivity contribution in [3.05, 3.63) is 24.3 Å². The molecule has 0 fully saturated rings. The predicted molar refractivity (Wildman–Crippen MR) is 85.7 cm³/mol. The van der Waals surface area contributed by atoms with Gasteiger partial charge in [-0.1, -0.05) is 19.1 Å². The summed E-state index contributed by atoms with van der Waals surface area (Å²) in [5.41, 5.74) is 1.43. The number of anilines is 1. The van der Waals surface area contributed by atoms with E-state index in [9.17, 15) is 0 Å². The van der Waals surface area contributed by atoms with E-state index in [0.717, 1.165) is 38.3 Å². The number of hydrogen-bond acceptors (Lipinski definition) is 3. The van der Waals surface area contributed by atoms with Crippen molar-refractivity contribution in [2.75, 3.05) is 24.6 Å². The Morgan fingerprint density at radius 2 is 2.10 bits per heavy atom. The van der Waals surface area contributed by atoms with Crippen molar-refractivity contribution in [2.45, 2.75) is 52.1 Å². The van der Waals surface area contributed by atoms with Crippen LogP contribution in [0.1, 0.15) is 40.5 Å². The number of hydrogen-bond donors (Lipinski definition) is 1. The second kappa shape index (κ2) is 6.49. The van der Waals surface area contributed by atoms with Crippen molar-refractivity contribution in [1.29, 1.82) is 0 Å². The molecule has 3 nitrogen and oxygen atoms in total. The SMILES string of the molecule is CCC(C)(C)NCC(C)N1CCCOc2ccccc21. The largest absolute Gasteiger partial charge is 0.491 e. The van der Waals surface area contributed by atoms with Crippen molar-refractivity contribution in [3.8, 4) is 5.75 Å². The summed E-state index contributed by atoms with van der Waals surface area (Å²) in [4.78, 5) is 2.47. The lowest BCUT2D eigenvalue weighted by molar-refractivity contribution is 0.321. The van der Waals surface area contributed by atoms with E-state index in [-0.39, 0.29) is 5.54 Å². The zero-order valence-corrected chi connectivity index (χ0v) is 13.3. The molecule has 0 radical (unpaired) electrons. The van der Waals surface area contributed by atoms with Crippen molar-refractivity contribution in [3.63, 3.8) is 0 Å². The van der Waals surface area contributed by atoms with Crippen LogP contribution in [0, 0.1) is 0 Å². The molecule has 2 rings (SSSR count). The molecule has 0 saturated heterocycles. The second-order valence-electron chi connectivity index (χ2n) is 6.33. The van der Waals surface area contributed by atoms with Gasteiger partial charge in [-0.25, -0.2) is 0 Å². The molecule has 1 aliphatic rings. The quantitative estimate of drug-likeness (QED) is 0.891. The van der Waals surface area contributed by atoms with Crippen LogP contribution in [0.15, 0.2) is 24.3 Å². The molecule has 0 amide bonds. The standard InChI is InChI=1S/C17H28N2O/c1-5-17(3,4)18-13-14(2)19-11-8-12-20-16-10-7-6-9-15(16)19/h6-7,9-10,14,18H,5,8,11-13H2,1-4H3. The lowest BCUT2D eigenvalue weighted by Crippen LogP contribution is -2.47. The van der Waals surface area contributed by atoms with Gasteiger partial charge < -0.3 is 15.0 Å². The molecule has 0 aromatic heterocycles. The summed E-state index contributed by atoms with van der Waals surface area (Å²) in [5, 5.41) is 3.67. The minimum Gasteiger partial charge on any atom is -0.491 e. The molecular weight excluding hydrogens is 248 g/mol. The van der Waals surface area contributed by atoms with E-state index >= 15 is 0 Å². The van der Waals surface area contributed by atoms with Gasteiger partial charge in [-0.05, 0) is 45.7 Å². The van der Waals surface area contributed by atoms with Crippen molar-refractivity contribution < 1.29 is 4.74 Å². The minimum atomic E-state index is 0.204. The first-order valence-corrected chi connectivity index (χ1v) is 7.77. The molecule has 1 aromatic carbocycles. The number of rotatable bonds is 5. The Kier molecular flexibility index (Phi) is 4.92. The minimum absolute atomic E-state index is 0.204. The number of benzene rings is 1. The first-order chi connectivity index (χ1) is 9.53. The number of fused-ring (bicyclic) bond motifs is 1. The van der Waals surface area contributed by atoms with Crippen LogP contribution >= 0.6 is 0 Å². The number of para-hydroxylation sites is 2. The van der Waals surface area contributed by atoms with E-state index in [1.165, 1.54) is 5.69 Å². The Bertz CT molecular complexity index is 431. The number of ether oxygens (including phenoxy) is 1. The van der Waals surface area contributed by atoms with Gasteiger partial charge in [-0.3, -0.25) is 0 Å². The molecule has 0 spiro atoms. The Hall–Kier alpha value is -1.22. The van der Waals surface area contributed by atoms with Crippen LogP contribution in [-0.2, 0) is 0 Å². The Morgan fingerprint density at radius 3 is 2.85 bits per heavy atom. The predicted octanol–water partition coefficient (Wildman–Crippen LogP) is 3.44. The second-order valence-corrected chi connectivity index (χ2v) is 6.33. The van der Waals surface area contributed by atoms with E-state index in [2.05, 4.69) is 56.1 Å². The monoisotopic (exact) mass is 276 g/mol. The smallest absolute Gasteiger partial charge is 0.142 e. The highest BCUT2D eigenvalue weighted by molar-refractivity contribution is 5.59. The normalized spacial score (nSPS) is 17.1. The average Bonchev–Trinajstić information content (AvgIpc) is 2.67. The van der Waals surface area contributed by atoms with E-state index in [0.29, 0.717) is 6.04 Å². The van der Waals surface area contributed by atoms with Crippen molar-refractivity contribution in [2.24, 2.45) is 0 Å². The van der Waals surface area contributed by atoms with E-state index < -0.39 is 0 Å². The van der Waals surface area contributed by atoms with Gasteiger partial charge in [0.1, 0.15) is 5.75 Å². The molecule has 0 aliphatic carbocycles. The van der Waals surface area contributed by atoms with E-state index in [4.69, 9.17) is 4.74 Å². The highest BCUT2D eigenvalue weighted by atomic mass is 16.5. The maximum atomic E-state index is 5.83. The third kappa shape index (κ3) is 3.66. The van der Waals surface area contributed by atoms with Crippen LogP contribution in [0.25, 0.3) is 0 Å². The third-order valence-corrected chi connectivity index (χ3v) is 4.27. The average molecular weight is 276 g/mol. The van der Waals surface area contributed by atoms with Crippen LogP contribution in [0.4, 0.5) is 5.69 Å². The van der Waals surface area contributed by atoms with Crippen molar-refractivity contribution >= 4 is 5.69 Å². The summed E-state index contributed by atoms with van der Waals surface area (Å²) in [5.74, 6) is 1.02. The number of nitrogens with zero attached hydrogens (tertiary/aromatic N) is 1. The summed E-state index contributed by atoms with van der Waals surface area (Å²) in [6.45, 7) is 11.9. The first kappa shape index (κ1) is 15.2. The first-order valence-electron chi connectivity index (χ1n) is 7.77. The zero-order chi connectivity index (χ0) is 14.6.